The Balaban J connectivity index is 2.10. The first kappa shape index (κ1) is 18.3. The Kier molecular flexibility index (Phi) is 6.68. The van der Waals surface area contributed by atoms with Gasteiger partial charge in [0, 0.05) is 5.02 Å². The zero-order valence-corrected chi connectivity index (χ0v) is 15.1. The van der Waals surface area contributed by atoms with Crippen molar-refractivity contribution in [3.05, 3.63) is 64.7 Å². The lowest BCUT2D eigenvalue weighted by Gasteiger charge is -2.21. The van der Waals surface area contributed by atoms with Crippen molar-refractivity contribution in [1.29, 1.82) is 0 Å². The summed E-state index contributed by atoms with van der Waals surface area (Å²) in [6.07, 6.45) is 1.16. The van der Waals surface area contributed by atoms with Gasteiger partial charge in [0.2, 0.25) is 5.91 Å². The number of methoxy groups -OCH3 is 1. The van der Waals surface area contributed by atoms with Gasteiger partial charge in [-0.3, -0.25) is 4.79 Å². The predicted molar refractivity (Wildman–Crippen MR) is 98.5 cm³/mol. The average Bonchev–Trinajstić information content (AvgIpc) is 2.56. The summed E-state index contributed by atoms with van der Waals surface area (Å²) in [4.78, 5) is 12.5. The molecule has 0 radical (unpaired) electrons. The summed E-state index contributed by atoms with van der Waals surface area (Å²) in [5, 5.41) is 3.76. The van der Waals surface area contributed by atoms with Crippen molar-refractivity contribution < 1.29 is 9.53 Å². The van der Waals surface area contributed by atoms with Gasteiger partial charge in [0.1, 0.15) is 5.75 Å². The highest BCUT2D eigenvalue weighted by Gasteiger charge is 2.17. The van der Waals surface area contributed by atoms with Crippen LogP contribution in [-0.2, 0) is 11.2 Å². The first-order valence-electron chi connectivity index (χ1n) is 8.16. The highest BCUT2D eigenvalue weighted by molar-refractivity contribution is 6.31. The van der Waals surface area contributed by atoms with Gasteiger partial charge in [-0.1, -0.05) is 55.8 Å². The Morgan fingerprint density at radius 2 is 1.79 bits per heavy atom. The molecule has 128 valence electrons. The molecule has 0 unspecified atom stereocenters. The molecule has 0 aromatic heterocycles. The van der Waals surface area contributed by atoms with Crippen LogP contribution in [-0.4, -0.2) is 13.0 Å². The summed E-state index contributed by atoms with van der Waals surface area (Å²) in [6, 6.07) is 15.3. The van der Waals surface area contributed by atoms with E-state index < -0.39 is 0 Å². The second kappa shape index (κ2) is 8.74. The number of ether oxygens (including phenoxy) is 1. The molecule has 4 heteroatoms. The van der Waals surface area contributed by atoms with Crippen LogP contribution in [0.3, 0.4) is 0 Å². The number of carbonyl (C=O) groups is 1. The molecule has 0 saturated carbocycles. The monoisotopic (exact) mass is 345 g/mol. The predicted octanol–water partition coefficient (Wildman–Crippen LogP) is 4.79. The number of hydrogen-bond acceptors (Lipinski definition) is 2. The van der Waals surface area contributed by atoms with Crippen LogP contribution in [0, 0.1) is 5.92 Å². The molecule has 0 aliphatic carbocycles. The third-order valence-corrected chi connectivity index (χ3v) is 4.24. The Labute approximate surface area is 149 Å². The molecular formula is C20H24ClNO2. The minimum absolute atomic E-state index is 0.0223. The van der Waals surface area contributed by atoms with Crippen LogP contribution < -0.4 is 10.1 Å². The van der Waals surface area contributed by atoms with E-state index in [1.165, 1.54) is 0 Å². The summed E-state index contributed by atoms with van der Waals surface area (Å²) in [5.41, 5.74) is 1.92. The summed E-state index contributed by atoms with van der Waals surface area (Å²) in [5.74, 6) is 1.26. The van der Waals surface area contributed by atoms with E-state index in [9.17, 15) is 4.79 Å². The van der Waals surface area contributed by atoms with Crippen LogP contribution in [0.2, 0.25) is 5.02 Å². The molecule has 0 spiro atoms. The van der Waals surface area contributed by atoms with Crippen molar-refractivity contribution in [1.82, 2.24) is 5.32 Å². The maximum atomic E-state index is 12.5. The van der Waals surface area contributed by atoms with Gasteiger partial charge in [0.25, 0.3) is 0 Å². The zero-order valence-electron chi connectivity index (χ0n) is 14.4. The lowest BCUT2D eigenvalue weighted by molar-refractivity contribution is -0.121. The highest BCUT2D eigenvalue weighted by atomic mass is 35.5. The van der Waals surface area contributed by atoms with Crippen LogP contribution in [0.4, 0.5) is 0 Å². The third-order valence-electron chi connectivity index (χ3n) is 3.87. The van der Waals surface area contributed by atoms with Gasteiger partial charge < -0.3 is 10.1 Å². The lowest BCUT2D eigenvalue weighted by Crippen LogP contribution is -2.30. The molecule has 2 aromatic rings. The second-order valence-electron chi connectivity index (χ2n) is 6.29. The van der Waals surface area contributed by atoms with Gasteiger partial charge in [-0.15, -0.1) is 0 Å². The van der Waals surface area contributed by atoms with Crippen molar-refractivity contribution in [3.63, 3.8) is 0 Å². The quantitative estimate of drug-likeness (QED) is 0.783. The molecule has 0 fully saturated rings. The fraction of sp³-hybridized carbons (Fsp3) is 0.350. The number of benzene rings is 2. The number of rotatable bonds is 7. The zero-order chi connectivity index (χ0) is 17.5. The minimum Gasteiger partial charge on any atom is -0.497 e. The molecule has 0 bridgehead atoms. The van der Waals surface area contributed by atoms with Gasteiger partial charge in [0.15, 0.2) is 0 Å². The van der Waals surface area contributed by atoms with Crippen molar-refractivity contribution in [2.75, 3.05) is 7.11 Å². The number of carbonyl (C=O) groups excluding carboxylic acids is 1. The fourth-order valence-corrected chi connectivity index (χ4v) is 2.85. The molecule has 0 aliphatic heterocycles. The Morgan fingerprint density at radius 1 is 1.12 bits per heavy atom. The smallest absolute Gasteiger partial charge is 0.224 e. The number of amides is 1. The highest BCUT2D eigenvalue weighted by Crippen LogP contribution is 2.24. The Bertz CT molecular complexity index is 668. The van der Waals surface area contributed by atoms with E-state index in [1.807, 2.05) is 42.5 Å². The van der Waals surface area contributed by atoms with Gasteiger partial charge in [0.05, 0.1) is 19.6 Å². The summed E-state index contributed by atoms with van der Waals surface area (Å²) >= 11 is 6.15. The normalized spacial score (nSPS) is 12.0. The van der Waals surface area contributed by atoms with E-state index >= 15 is 0 Å². The molecule has 1 amide bonds. The van der Waals surface area contributed by atoms with E-state index in [4.69, 9.17) is 16.3 Å². The standard InChI is InChI=1S/C20H24ClNO2/c1-14(2)12-19(15-8-10-17(24-3)11-9-15)22-20(23)13-16-6-4-5-7-18(16)21/h4-11,14,19H,12-13H2,1-3H3,(H,22,23)/t19-/m1/s1. The summed E-state index contributed by atoms with van der Waals surface area (Å²) in [7, 11) is 1.64. The van der Waals surface area contributed by atoms with Crippen LogP contribution in [0.5, 0.6) is 5.75 Å². The maximum Gasteiger partial charge on any atom is 0.224 e. The molecule has 2 aromatic carbocycles. The first-order chi connectivity index (χ1) is 11.5. The molecule has 24 heavy (non-hydrogen) atoms. The number of nitrogens with one attached hydrogen (secondary N) is 1. The molecule has 2 rings (SSSR count). The molecule has 1 atom stereocenters. The maximum absolute atomic E-state index is 12.5. The van der Waals surface area contributed by atoms with Gasteiger partial charge in [-0.05, 0) is 41.7 Å². The van der Waals surface area contributed by atoms with E-state index in [0.717, 1.165) is 23.3 Å². The Morgan fingerprint density at radius 3 is 2.38 bits per heavy atom. The van der Waals surface area contributed by atoms with Crippen LogP contribution >= 0.6 is 11.6 Å². The molecular weight excluding hydrogens is 322 g/mol. The van der Waals surface area contributed by atoms with Crippen LogP contribution in [0.15, 0.2) is 48.5 Å². The van der Waals surface area contributed by atoms with Gasteiger partial charge in [-0.25, -0.2) is 0 Å². The fourth-order valence-electron chi connectivity index (χ4n) is 2.65. The first-order valence-corrected chi connectivity index (χ1v) is 8.54. The molecule has 0 aliphatic rings. The molecule has 0 heterocycles. The van der Waals surface area contributed by atoms with Crippen molar-refractivity contribution in [2.45, 2.75) is 32.7 Å². The minimum atomic E-state index is -0.0235. The van der Waals surface area contributed by atoms with E-state index in [-0.39, 0.29) is 18.4 Å². The topological polar surface area (TPSA) is 38.3 Å². The summed E-state index contributed by atoms with van der Waals surface area (Å²) < 4.78 is 5.20. The third kappa shape index (κ3) is 5.27. The largest absolute Gasteiger partial charge is 0.497 e. The second-order valence-corrected chi connectivity index (χ2v) is 6.70. The average molecular weight is 346 g/mol. The molecule has 1 N–H and O–H groups in total. The summed E-state index contributed by atoms with van der Waals surface area (Å²) in [6.45, 7) is 4.30. The SMILES string of the molecule is COc1ccc([C@@H](CC(C)C)NC(=O)Cc2ccccc2Cl)cc1. The van der Waals surface area contributed by atoms with Crippen molar-refractivity contribution in [2.24, 2.45) is 5.92 Å². The number of hydrogen-bond donors (Lipinski definition) is 1. The van der Waals surface area contributed by atoms with E-state index in [2.05, 4.69) is 19.2 Å². The molecule has 3 nitrogen and oxygen atoms in total. The van der Waals surface area contributed by atoms with Crippen LogP contribution in [0.1, 0.15) is 37.4 Å². The van der Waals surface area contributed by atoms with Gasteiger partial charge in [-0.2, -0.15) is 0 Å². The van der Waals surface area contributed by atoms with Crippen molar-refractivity contribution in [3.8, 4) is 5.75 Å². The number of halogens is 1. The van der Waals surface area contributed by atoms with E-state index in [0.29, 0.717) is 10.9 Å². The molecule has 0 saturated heterocycles. The van der Waals surface area contributed by atoms with Gasteiger partial charge >= 0.3 is 0 Å². The van der Waals surface area contributed by atoms with Crippen LogP contribution in [0.25, 0.3) is 0 Å². The lowest BCUT2D eigenvalue weighted by atomic mass is 9.96. The van der Waals surface area contributed by atoms with Crippen molar-refractivity contribution >= 4 is 17.5 Å². The Hall–Kier alpha value is -2.00. The van der Waals surface area contributed by atoms with E-state index in [1.54, 1.807) is 13.2 Å².